The molecule has 0 rings (SSSR count). The Kier molecular flexibility index (Phi) is 10.4. The van der Waals surface area contributed by atoms with Crippen molar-refractivity contribution in [3.8, 4) is 0 Å². The van der Waals surface area contributed by atoms with Crippen LogP contribution in [0.4, 0.5) is 0 Å². The Morgan fingerprint density at radius 3 is 1.95 bits per heavy atom. The molecule has 0 radical (unpaired) electrons. The summed E-state index contributed by atoms with van der Waals surface area (Å²) < 4.78 is 23.8. The number of carbonyl (C=O) groups is 1. The minimum absolute atomic E-state index is 0.125. The first-order valence-electron chi connectivity index (χ1n) is 7.80. The molecule has 8 heteroatoms. The van der Waals surface area contributed by atoms with E-state index in [1.807, 2.05) is 6.92 Å². The predicted molar refractivity (Wildman–Crippen MR) is 92.4 cm³/mol. The molecule has 0 bridgehead atoms. The summed E-state index contributed by atoms with van der Waals surface area (Å²) in [4.78, 5) is 11.6. The Hall–Kier alpha value is -0.256. The van der Waals surface area contributed by atoms with E-state index in [9.17, 15) is 4.79 Å². The van der Waals surface area contributed by atoms with Crippen molar-refractivity contribution in [3.63, 3.8) is 0 Å². The van der Waals surface area contributed by atoms with Crippen LogP contribution in [0.1, 0.15) is 19.8 Å². The maximum Gasteiger partial charge on any atom is 0.500 e. The molecule has 0 heterocycles. The van der Waals surface area contributed by atoms with Crippen molar-refractivity contribution < 1.29 is 22.8 Å². The van der Waals surface area contributed by atoms with Gasteiger partial charge in [0.2, 0.25) is 0 Å². The summed E-state index contributed by atoms with van der Waals surface area (Å²) in [6.07, 6.45) is 1.37. The summed E-state index contributed by atoms with van der Waals surface area (Å²) in [6.45, 7) is 10.8. The van der Waals surface area contributed by atoms with Gasteiger partial charge in [0, 0.05) is 33.9 Å². The van der Waals surface area contributed by atoms with E-state index in [0.717, 1.165) is 25.6 Å². The standard InChI is InChI=1S/C14H33NO5Si2/c1-8-20-14(16)10-12-15(21(5,6)7)11-9-13-22(17-2,18-3)19-4/h8-13H2,1-7H3. The van der Waals surface area contributed by atoms with E-state index in [2.05, 4.69) is 24.2 Å². The number of rotatable bonds is 12. The average molecular weight is 352 g/mol. The second kappa shape index (κ2) is 10.5. The Morgan fingerprint density at radius 2 is 1.55 bits per heavy atom. The molecule has 0 amide bonds. The summed E-state index contributed by atoms with van der Waals surface area (Å²) >= 11 is 0. The largest absolute Gasteiger partial charge is 0.500 e. The first kappa shape index (κ1) is 21.7. The number of hydrogen-bond acceptors (Lipinski definition) is 6. The van der Waals surface area contributed by atoms with Gasteiger partial charge >= 0.3 is 14.8 Å². The monoisotopic (exact) mass is 351 g/mol. The lowest BCUT2D eigenvalue weighted by Gasteiger charge is -2.34. The lowest BCUT2D eigenvalue weighted by molar-refractivity contribution is -0.143. The van der Waals surface area contributed by atoms with Gasteiger partial charge in [0.15, 0.2) is 0 Å². The van der Waals surface area contributed by atoms with Crippen molar-refractivity contribution in [2.45, 2.75) is 45.5 Å². The highest BCUT2D eigenvalue weighted by molar-refractivity contribution is 6.73. The lowest BCUT2D eigenvalue weighted by atomic mass is 10.4. The van der Waals surface area contributed by atoms with Crippen LogP contribution in [-0.2, 0) is 22.8 Å². The highest BCUT2D eigenvalue weighted by Gasteiger charge is 2.37. The van der Waals surface area contributed by atoms with Gasteiger partial charge in [-0.15, -0.1) is 0 Å². The molecule has 0 aliphatic carbocycles. The predicted octanol–water partition coefficient (Wildman–Crippen LogP) is 2.34. The molecule has 0 aliphatic heterocycles. The molecule has 6 nitrogen and oxygen atoms in total. The van der Waals surface area contributed by atoms with Crippen LogP contribution in [0.15, 0.2) is 0 Å². The smallest absolute Gasteiger partial charge is 0.466 e. The van der Waals surface area contributed by atoms with Gasteiger partial charge in [0.25, 0.3) is 0 Å². The van der Waals surface area contributed by atoms with Crippen molar-refractivity contribution in [2.24, 2.45) is 0 Å². The molecule has 0 aliphatic rings. The highest BCUT2D eigenvalue weighted by atomic mass is 28.4. The van der Waals surface area contributed by atoms with Gasteiger partial charge in [-0.2, -0.15) is 0 Å². The average Bonchev–Trinajstić information content (AvgIpc) is 2.46. The first-order valence-corrected chi connectivity index (χ1v) is 13.2. The van der Waals surface area contributed by atoms with E-state index in [0.29, 0.717) is 13.0 Å². The Labute approximate surface area is 137 Å². The maximum absolute atomic E-state index is 11.6. The topological polar surface area (TPSA) is 57.2 Å². The third-order valence-electron chi connectivity index (χ3n) is 3.68. The first-order chi connectivity index (χ1) is 10.2. The number of carbonyl (C=O) groups excluding carboxylic acids is 1. The van der Waals surface area contributed by atoms with Crippen LogP contribution in [-0.4, -0.2) is 68.6 Å². The number of ether oxygens (including phenoxy) is 1. The maximum atomic E-state index is 11.6. The minimum atomic E-state index is -2.50. The molecule has 0 N–H and O–H groups in total. The van der Waals surface area contributed by atoms with E-state index < -0.39 is 17.0 Å². The number of nitrogens with zero attached hydrogens (tertiary/aromatic N) is 1. The van der Waals surface area contributed by atoms with Crippen LogP contribution in [0.2, 0.25) is 25.7 Å². The van der Waals surface area contributed by atoms with E-state index in [1.165, 1.54) is 0 Å². The Morgan fingerprint density at radius 1 is 1.00 bits per heavy atom. The molecule has 0 unspecified atom stereocenters. The van der Waals surface area contributed by atoms with Crippen LogP contribution in [0.5, 0.6) is 0 Å². The molecule has 0 aromatic rings. The van der Waals surface area contributed by atoms with Gasteiger partial charge in [-0.25, -0.2) is 0 Å². The molecule has 0 saturated heterocycles. The molecular formula is C14H33NO5Si2. The summed E-state index contributed by atoms with van der Waals surface area (Å²) in [7, 11) is 0.917. The molecular weight excluding hydrogens is 318 g/mol. The fourth-order valence-electron chi connectivity index (χ4n) is 2.28. The van der Waals surface area contributed by atoms with Gasteiger partial charge in [0.05, 0.1) is 13.0 Å². The summed E-state index contributed by atoms with van der Waals surface area (Å²) in [5.41, 5.74) is 0. The summed E-state index contributed by atoms with van der Waals surface area (Å²) in [5, 5.41) is 0. The lowest BCUT2D eigenvalue weighted by Crippen LogP contribution is -2.49. The third-order valence-corrected chi connectivity index (χ3v) is 8.86. The van der Waals surface area contributed by atoms with Crippen LogP contribution < -0.4 is 0 Å². The van der Waals surface area contributed by atoms with Crippen LogP contribution in [0.25, 0.3) is 0 Å². The zero-order valence-corrected chi connectivity index (χ0v) is 17.2. The zero-order valence-electron chi connectivity index (χ0n) is 15.2. The van der Waals surface area contributed by atoms with E-state index in [4.69, 9.17) is 18.0 Å². The quantitative estimate of drug-likeness (QED) is 0.397. The second-order valence-corrected chi connectivity index (χ2v) is 14.2. The van der Waals surface area contributed by atoms with Crippen molar-refractivity contribution in [3.05, 3.63) is 0 Å². The normalized spacial score (nSPS) is 12.7. The second-order valence-electron chi connectivity index (χ2n) is 6.11. The van der Waals surface area contributed by atoms with Crippen LogP contribution in [0, 0.1) is 0 Å². The van der Waals surface area contributed by atoms with Crippen molar-refractivity contribution in [1.82, 2.24) is 4.57 Å². The SMILES string of the molecule is CCOC(=O)CCN(CCC[Si](OC)(OC)OC)[Si](C)(C)C. The summed E-state index contributed by atoms with van der Waals surface area (Å²) in [5.74, 6) is -0.125. The molecule has 0 atom stereocenters. The fraction of sp³-hybridized carbons (Fsp3) is 0.929. The molecule has 0 aromatic carbocycles. The zero-order chi connectivity index (χ0) is 17.2. The van der Waals surface area contributed by atoms with Gasteiger partial charge in [-0.3, -0.25) is 4.79 Å². The molecule has 22 heavy (non-hydrogen) atoms. The molecule has 0 saturated carbocycles. The number of hydrogen-bond donors (Lipinski definition) is 0. The van der Waals surface area contributed by atoms with E-state index in [1.54, 1.807) is 21.3 Å². The highest BCUT2D eigenvalue weighted by Crippen LogP contribution is 2.18. The van der Waals surface area contributed by atoms with Crippen molar-refractivity contribution in [2.75, 3.05) is 41.0 Å². The summed E-state index contributed by atoms with van der Waals surface area (Å²) in [6, 6.07) is 0.775. The minimum Gasteiger partial charge on any atom is -0.466 e. The fourth-order valence-corrected chi connectivity index (χ4v) is 5.60. The molecule has 0 aromatic heterocycles. The van der Waals surface area contributed by atoms with Crippen molar-refractivity contribution in [1.29, 1.82) is 0 Å². The molecule has 0 spiro atoms. The van der Waals surface area contributed by atoms with Crippen molar-refractivity contribution >= 4 is 23.0 Å². The Balaban J connectivity index is 4.46. The Bertz CT molecular complexity index is 311. The van der Waals surface area contributed by atoms with E-state index >= 15 is 0 Å². The van der Waals surface area contributed by atoms with Crippen LogP contribution in [0.3, 0.4) is 0 Å². The molecule has 0 fully saturated rings. The van der Waals surface area contributed by atoms with Gasteiger partial charge in [-0.05, 0) is 19.9 Å². The third kappa shape index (κ3) is 7.84. The van der Waals surface area contributed by atoms with Gasteiger partial charge < -0.3 is 22.6 Å². The van der Waals surface area contributed by atoms with Gasteiger partial charge in [0.1, 0.15) is 8.24 Å². The van der Waals surface area contributed by atoms with Crippen LogP contribution >= 0.6 is 0 Å². The van der Waals surface area contributed by atoms with E-state index in [-0.39, 0.29) is 5.97 Å². The molecule has 132 valence electrons. The number of esters is 1. The van der Waals surface area contributed by atoms with Gasteiger partial charge in [-0.1, -0.05) is 19.6 Å².